The molecule has 3 aromatic rings. The van der Waals surface area contributed by atoms with E-state index < -0.39 is 12.1 Å². The largest absolute Gasteiger partial charge is 0.379 e. The van der Waals surface area contributed by atoms with E-state index in [-0.39, 0.29) is 28.9 Å². The molecule has 12 nitrogen and oxygen atoms in total. The molecule has 0 bridgehead atoms. The van der Waals surface area contributed by atoms with Crippen LogP contribution in [0.1, 0.15) is 65.4 Å². The van der Waals surface area contributed by atoms with E-state index in [1.54, 1.807) is 12.1 Å². The molecule has 12 heteroatoms. The molecule has 0 aliphatic carbocycles. The molecule has 2 fully saturated rings. The van der Waals surface area contributed by atoms with Crippen molar-refractivity contribution in [2.75, 3.05) is 49.6 Å². The number of aliphatic hydroxyl groups is 1. The smallest absolute Gasteiger partial charge is 0.273 e. The van der Waals surface area contributed by atoms with Gasteiger partial charge in [-0.1, -0.05) is 45.0 Å². The lowest BCUT2D eigenvalue weighted by molar-refractivity contribution is -0.0603. The Hall–Kier alpha value is -4.13. The van der Waals surface area contributed by atoms with Gasteiger partial charge in [-0.2, -0.15) is 4.98 Å². The fourth-order valence-corrected chi connectivity index (χ4v) is 5.06. The summed E-state index contributed by atoms with van der Waals surface area (Å²) >= 11 is 0. The highest BCUT2D eigenvalue weighted by molar-refractivity contribution is 5.96. The molecular formula is C30H38N8O4. The number of aromatic nitrogens is 3. The predicted molar refractivity (Wildman–Crippen MR) is 159 cm³/mol. The Morgan fingerprint density at radius 2 is 1.71 bits per heavy atom. The normalized spacial score (nSPS) is 18.5. The number of aliphatic hydroxyl groups excluding tert-OH is 1. The molecule has 2 amide bonds. The van der Waals surface area contributed by atoms with E-state index >= 15 is 0 Å². The van der Waals surface area contributed by atoms with E-state index in [2.05, 4.69) is 46.6 Å². The van der Waals surface area contributed by atoms with Gasteiger partial charge in [0.05, 0.1) is 13.2 Å². The maximum absolute atomic E-state index is 12.9. The summed E-state index contributed by atoms with van der Waals surface area (Å²) in [7, 11) is 0. The summed E-state index contributed by atoms with van der Waals surface area (Å²) in [6.07, 6.45) is -0.0227. The monoisotopic (exact) mass is 574 g/mol. The summed E-state index contributed by atoms with van der Waals surface area (Å²) in [5.74, 6) is -0.379. The van der Waals surface area contributed by atoms with Crippen LogP contribution in [0, 0.1) is 0 Å². The number of nitrogens with zero attached hydrogens (tertiary/aromatic N) is 5. The lowest BCUT2D eigenvalue weighted by Crippen LogP contribution is -2.38. The topological polar surface area (TPSA) is 159 Å². The minimum atomic E-state index is -0.757. The van der Waals surface area contributed by atoms with E-state index in [0.717, 1.165) is 5.56 Å². The highest BCUT2D eigenvalue weighted by atomic mass is 16.5. The maximum atomic E-state index is 12.9. The number of nitrogens with one attached hydrogen (secondary N) is 2. The number of ether oxygens (including phenoxy) is 1. The number of carbonyl (C=O) groups is 2. The number of morpholine rings is 1. The lowest BCUT2D eigenvalue weighted by Gasteiger charge is -2.31. The molecule has 0 saturated carbocycles. The second-order valence-corrected chi connectivity index (χ2v) is 11.7. The van der Waals surface area contributed by atoms with Crippen LogP contribution in [-0.4, -0.2) is 82.4 Å². The molecule has 0 radical (unpaired) electrons. The van der Waals surface area contributed by atoms with Gasteiger partial charge < -0.3 is 31.1 Å². The first-order chi connectivity index (χ1) is 20.1. The van der Waals surface area contributed by atoms with Gasteiger partial charge in [0.25, 0.3) is 11.8 Å². The van der Waals surface area contributed by atoms with Gasteiger partial charge in [-0.3, -0.25) is 14.5 Å². The van der Waals surface area contributed by atoms with E-state index in [0.29, 0.717) is 63.0 Å². The van der Waals surface area contributed by atoms with Crippen molar-refractivity contribution >= 4 is 29.3 Å². The van der Waals surface area contributed by atoms with Crippen LogP contribution in [0.2, 0.25) is 0 Å². The molecule has 2 saturated heterocycles. The van der Waals surface area contributed by atoms with E-state index in [9.17, 15) is 14.7 Å². The molecule has 2 atom stereocenters. The van der Waals surface area contributed by atoms with Gasteiger partial charge in [0.2, 0.25) is 5.95 Å². The van der Waals surface area contributed by atoms with Crippen LogP contribution in [0.5, 0.6) is 0 Å². The van der Waals surface area contributed by atoms with Gasteiger partial charge in [-0.15, -0.1) is 10.2 Å². The molecule has 1 unspecified atom stereocenters. The van der Waals surface area contributed by atoms with Crippen molar-refractivity contribution in [1.82, 2.24) is 25.4 Å². The first-order valence-electron chi connectivity index (χ1n) is 14.2. The second-order valence-electron chi connectivity index (χ2n) is 11.7. The Balaban J connectivity index is 1.24. The summed E-state index contributed by atoms with van der Waals surface area (Å²) in [5, 5.41) is 25.1. The fourth-order valence-electron chi connectivity index (χ4n) is 5.06. The van der Waals surface area contributed by atoms with E-state index in [1.807, 2.05) is 46.2 Å². The van der Waals surface area contributed by atoms with Crippen molar-refractivity contribution in [1.29, 1.82) is 0 Å². The Morgan fingerprint density at radius 1 is 1.02 bits per heavy atom. The second kappa shape index (κ2) is 12.4. The first kappa shape index (κ1) is 29.4. The van der Waals surface area contributed by atoms with Gasteiger partial charge in [0, 0.05) is 43.5 Å². The molecular weight excluding hydrogens is 536 g/mol. The number of carbonyl (C=O) groups excluding carboxylic acids is 2. The Labute approximate surface area is 245 Å². The average molecular weight is 575 g/mol. The van der Waals surface area contributed by atoms with Crippen LogP contribution in [0.15, 0.2) is 48.5 Å². The number of rotatable bonds is 8. The zero-order valence-corrected chi connectivity index (χ0v) is 24.2. The quantitative estimate of drug-likeness (QED) is 0.315. The number of amides is 2. The lowest BCUT2D eigenvalue weighted by atomic mass is 9.86. The Morgan fingerprint density at radius 3 is 2.36 bits per heavy atom. The maximum Gasteiger partial charge on any atom is 0.273 e. The highest BCUT2D eigenvalue weighted by Gasteiger charge is 2.28. The van der Waals surface area contributed by atoms with Gasteiger partial charge in [0.1, 0.15) is 6.23 Å². The van der Waals surface area contributed by atoms with Crippen molar-refractivity contribution in [3.8, 4) is 0 Å². The molecule has 2 aliphatic heterocycles. The molecule has 2 aromatic carbocycles. The van der Waals surface area contributed by atoms with Crippen LogP contribution < -0.4 is 21.3 Å². The Kier molecular flexibility index (Phi) is 8.66. The van der Waals surface area contributed by atoms with Crippen LogP contribution in [0.25, 0.3) is 0 Å². The van der Waals surface area contributed by atoms with Crippen LogP contribution in [0.4, 0.5) is 17.5 Å². The summed E-state index contributed by atoms with van der Waals surface area (Å²) < 4.78 is 5.36. The standard InChI is InChI=1S/C30H38N8O4/c1-30(2,3)21-8-4-19(5-9-21)27(40)33-23-12-13-38(18-23)29-34-26(24(25(31)39)35-36-29)32-22-10-6-20(7-11-22)28(41)37-14-16-42-17-15-37/h4-11,23,28,41H,12-18H2,1-3H3,(H2,31,39)(H,33,40)(H,32,34,36)/t23-,28?/m1/s1. The molecule has 1 aromatic heterocycles. The van der Waals surface area contributed by atoms with Crippen molar-refractivity contribution < 1.29 is 19.4 Å². The number of primary amides is 1. The zero-order valence-electron chi connectivity index (χ0n) is 24.2. The van der Waals surface area contributed by atoms with Gasteiger partial charge in [0.15, 0.2) is 11.5 Å². The number of hydrogen-bond acceptors (Lipinski definition) is 10. The predicted octanol–water partition coefficient (Wildman–Crippen LogP) is 2.34. The molecule has 5 N–H and O–H groups in total. The van der Waals surface area contributed by atoms with Gasteiger partial charge in [-0.25, -0.2) is 0 Å². The summed E-state index contributed by atoms with van der Waals surface area (Å²) in [6.45, 7) is 10.0. The SMILES string of the molecule is CC(C)(C)c1ccc(C(=O)N[C@@H]2CCN(c3nnc(C(N)=O)c(Nc4ccc(C(O)N5CCOCC5)cc4)n3)C2)cc1. The summed E-state index contributed by atoms with van der Waals surface area (Å²) in [5.41, 5.74) is 8.65. The third-order valence-electron chi connectivity index (χ3n) is 7.59. The van der Waals surface area contributed by atoms with E-state index in [4.69, 9.17) is 10.5 Å². The zero-order chi connectivity index (χ0) is 29.9. The van der Waals surface area contributed by atoms with Crippen LogP contribution in [-0.2, 0) is 10.2 Å². The highest BCUT2D eigenvalue weighted by Crippen LogP contribution is 2.26. The minimum Gasteiger partial charge on any atom is -0.379 e. The first-order valence-corrected chi connectivity index (χ1v) is 14.2. The number of nitrogens with two attached hydrogens (primary N) is 1. The number of benzene rings is 2. The van der Waals surface area contributed by atoms with Crippen LogP contribution in [0.3, 0.4) is 0 Å². The molecule has 2 aliphatic rings. The number of anilines is 3. The molecule has 5 rings (SSSR count). The third kappa shape index (κ3) is 6.84. The van der Waals surface area contributed by atoms with Crippen molar-refractivity contribution in [2.24, 2.45) is 5.73 Å². The van der Waals surface area contributed by atoms with Gasteiger partial charge in [-0.05, 0) is 47.2 Å². The average Bonchev–Trinajstić information content (AvgIpc) is 3.45. The van der Waals surface area contributed by atoms with Gasteiger partial charge >= 0.3 is 0 Å². The third-order valence-corrected chi connectivity index (χ3v) is 7.59. The summed E-state index contributed by atoms with van der Waals surface area (Å²) in [6, 6.07) is 14.8. The summed E-state index contributed by atoms with van der Waals surface area (Å²) in [4.78, 5) is 33.4. The number of hydrogen-bond donors (Lipinski definition) is 4. The Bertz CT molecular complexity index is 1400. The molecule has 0 spiro atoms. The van der Waals surface area contributed by atoms with Crippen molar-refractivity contribution in [3.05, 3.63) is 70.9 Å². The molecule has 42 heavy (non-hydrogen) atoms. The fraction of sp³-hybridized carbons (Fsp3) is 0.433. The van der Waals surface area contributed by atoms with Crippen molar-refractivity contribution in [2.45, 2.75) is 44.9 Å². The molecule has 222 valence electrons. The van der Waals surface area contributed by atoms with Crippen molar-refractivity contribution in [3.63, 3.8) is 0 Å². The molecule has 3 heterocycles. The minimum absolute atomic E-state index is 0.0156. The van der Waals surface area contributed by atoms with Crippen LogP contribution >= 0.6 is 0 Å². The van der Waals surface area contributed by atoms with E-state index in [1.165, 1.54) is 5.56 Å².